The second kappa shape index (κ2) is 5.97. The normalized spacial score (nSPS) is 10.5. The zero-order valence-corrected chi connectivity index (χ0v) is 10.7. The minimum Gasteiger partial charge on any atom is -0.478 e. The maximum Gasteiger partial charge on any atom is 0.328 e. The Balaban J connectivity index is 2.11. The number of thiophene rings is 1. The quantitative estimate of drug-likeness (QED) is 0.841. The Labute approximate surface area is 114 Å². The predicted octanol–water partition coefficient (Wildman–Crippen LogP) is 3.10. The highest BCUT2D eigenvalue weighted by atomic mass is 32.1. The maximum atomic E-state index is 11.8. The molecule has 0 saturated heterocycles. The van der Waals surface area contributed by atoms with Crippen molar-refractivity contribution in [3.05, 3.63) is 58.3 Å². The van der Waals surface area contributed by atoms with Crippen LogP contribution in [0.25, 0.3) is 6.08 Å². The van der Waals surface area contributed by atoms with E-state index in [1.54, 1.807) is 30.3 Å². The topological polar surface area (TPSA) is 66.4 Å². The number of carboxylic acid groups (broad SMARTS) is 1. The lowest BCUT2D eigenvalue weighted by molar-refractivity contribution is -0.131. The number of anilines is 1. The molecule has 0 aliphatic carbocycles. The number of aliphatic carboxylic acids is 1. The lowest BCUT2D eigenvalue weighted by atomic mass is 10.2. The van der Waals surface area contributed by atoms with Crippen LogP contribution in [0.4, 0.5) is 5.69 Å². The van der Waals surface area contributed by atoms with Gasteiger partial charge in [-0.2, -0.15) is 0 Å². The van der Waals surface area contributed by atoms with Crippen molar-refractivity contribution in [3.63, 3.8) is 0 Å². The summed E-state index contributed by atoms with van der Waals surface area (Å²) in [5, 5.41) is 13.2. The van der Waals surface area contributed by atoms with E-state index < -0.39 is 5.97 Å². The van der Waals surface area contributed by atoms with Crippen LogP contribution in [-0.2, 0) is 4.79 Å². The van der Waals surface area contributed by atoms with Crippen LogP contribution in [0, 0.1) is 0 Å². The molecule has 4 nitrogen and oxygen atoms in total. The van der Waals surface area contributed by atoms with Crippen molar-refractivity contribution in [1.82, 2.24) is 0 Å². The second-order valence-corrected chi connectivity index (χ2v) is 4.68. The van der Waals surface area contributed by atoms with Crippen LogP contribution in [0.3, 0.4) is 0 Å². The van der Waals surface area contributed by atoms with Crippen molar-refractivity contribution < 1.29 is 14.7 Å². The Hall–Kier alpha value is -2.40. The van der Waals surface area contributed by atoms with E-state index in [4.69, 9.17) is 5.11 Å². The lowest BCUT2D eigenvalue weighted by Gasteiger charge is -2.04. The van der Waals surface area contributed by atoms with Gasteiger partial charge in [0.05, 0.1) is 4.88 Å². The molecule has 0 radical (unpaired) electrons. The van der Waals surface area contributed by atoms with E-state index in [9.17, 15) is 9.59 Å². The summed E-state index contributed by atoms with van der Waals surface area (Å²) in [7, 11) is 0. The van der Waals surface area contributed by atoms with Crippen LogP contribution in [-0.4, -0.2) is 17.0 Å². The molecule has 0 unspecified atom stereocenters. The average molecular weight is 273 g/mol. The number of carboxylic acids is 1. The molecule has 1 aromatic carbocycles. The highest BCUT2D eigenvalue weighted by molar-refractivity contribution is 7.12. The summed E-state index contributed by atoms with van der Waals surface area (Å²) in [6.45, 7) is 0. The molecule has 0 spiro atoms. The molecule has 0 fully saturated rings. The smallest absolute Gasteiger partial charge is 0.328 e. The van der Waals surface area contributed by atoms with Gasteiger partial charge >= 0.3 is 5.97 Å². The minimum atomic E-state index is -1.01. The number of carbonyl (C=O) groups excluding carboxylic acids is 1. The molecule has 96 valence electrons. The second-order valence-electron chi connectivity index (χ2n) is 3.73. The summed E-state index contributed by atoms with van der Waals surface area (Å²) in [6, 6.07) is 10.5. The van der Waals surface area contributed by atoms with Gasteiger partial charge in [0.2, 0.25) is 0 Å². The number of nitrogens with one attached hydrogen (secondary N) is 1. The predicted molar refractivity (Wildman–Crippen MR) is 75.4 cm³/mol. The summed E-state index contributed by atoms with van der Waals surface area (Å²) >= 11 is 1.36. The van der Waals surface area contributed by atoms with Crippen molar-refractivity contribution in [2.45, 2.75) is 0 Å². The zero-order chi connectivity index (χ0) is 13.7. The molecular formula is C14H11NO3S. The van der Waals surface area contributed by atoms with Crippen LogP contribution < -0.4 is 5.32 Å². The molecule has 2 N–H and O–H groups in total. The van der Waals surface area contributed by atoms with Gasteiger partial charge in [0.15, 0.2) is 0 Å². The Bertz CT molecular complexity index is 617. The van der Waals surface area contributed by atoms with E-state index in [1.165, 1.54) is 17.4 Å². The van der Waals surface area contributed by atoms with Crippen LogP contribution >= 0.6 is 11.3 Å². The molecule has 0 aliphatic heterocycles. The summed E-state index contributed by atoms with van der Waals surface area (Å²) in [5.74, 6) is -1.18. The van der Waals surface area contributed by atoms with Crippen molar-refractivity contribution >= 4 is 35.0 Å². The molecule has 2 aromatic rings. The first kappa shape index (κ1) is 13.0. The van der Waals surface area contributed by atoms with Crippen LogP contribution in [0.2, 0.25) is 0 Å². The van der Waals surface area contributed by atoms with Gasteiger partial charge in [0, 0.05) is 11.8 Å². The SMILES string of the molecule is O=C(O)/C=C/c1cccc(NC(=O)c2cccs2)c1. The third-order valence-corrected chi connectivity index (χ3v) is 3.18. The summed E-state index contributed by atoms with van der Waals surface area (Å²) in [6.07, 6.45) is 2.53. The molecule has 1 amide bonds. The molecule has 0 bridgehead atoms. The van der Waals surface area contributed by atoms with Crippen molar-refractivity contribution in [3.8, 4) is 0 Å². The van der Waals surface area contributed by atoms with Gasteiger partial charge < -0.3 is 10.4 Å². The zero-order valence-electron chi connectivity index (χ0n) is 9.87. The number of carbonyl (C=O) groups is 2. The van der Waals surface area contributed by atoms with E-state index in [-0.39, 0.29) is 5.91 Å². The van der Waals surface area contributed by atoms with Gasteiger partial charge in [-0.25, -0.2) is 4.79 Å². The Morgan fingerprint density at radius 2 is 2.05 bits per heavy atom. The Morgan fingerprint density at radius 1 is 1.21 bits per heavy atom. The van der Waals surface area contributed by atoms with Gasteiger partial charge in [-0.3, -0.25) is 4.79 Å². The average Bonchev–Trinajstić information content (AvgIpc) is 2.91. The standard InChI is InChI=1S/C14H11NO3S/c16-13(17)7-6-10-3-1-4-11(9-10)15-14(18)12-5-2-8-19-12/h1-9H,(H,15,18)(H,16,17)/b7-6+. The third-order valence-electron chi connectivity index (χ3n) is 2.31. The number of amides is 1. The van der Waals surface area contributed by atoms with E-state index in [0.29, 0.717) is 16.1 Å². The van der Waals surface area contributed by atoms with Gasteiger partial charge in [0.25, 0.3) is 5.91 Å². The molecule has 0 saturated carbocycles. The van der Waals surface area contributed by atoms with Crippen LogP contribution in [0.15, 0.2) is 47.9 Å². The van der Waals surface area contributed by atoms with Crippen LogP contribution in [0.1, 0.15) is 15.2 Å². The van der Waals surface area contributed by atoms with E-state index in [1.807, 2.05) is 11.4 Å². The highest BCUT2D eigenvalue weighted by Gasteiger charge is 2.06. The molecule has 2 rings (SSSR count). The molecule has 0 atom stereocenters. The van der Waals surface area contributed by atoms with Gasteiger partial charge in [-0.05, 0) is 35.2 Å². The first-order chi connectivity index (χ1) is 9.15. The summed E-state index contributed by atoms with van der Waals surface area (Å²) in [5.41, 5.74) is 1.34. The first-order valence-electron chi connectivity index (χ1n) is 5.51. The van der Waals surface area contributed by atoms with Crippen molar-refractivity contribution in [2.75, 3.05) is 5.32 Å². The van der Waals surface area contributed by atoms with E-state index in [2.05, 4.69) is 5.32 Å². The largest absolute Gasteiger partial charge is 0.478 e. The molecule has 1 heterocycles. The van der Waals surface area contributed by atoms with Gasteiger partial charge in [0.1, 0.15) is 0 Å². The molecular weight excluding hydrogens is 262 g/mol. The molecule has 0 aliphatic rings. The summed E-state index contributed by atoms with van der Waals surface area (Å²) < 4.78 is 0. The minimum absolute atomic E-state index is 0.172. The highest BCUT2D eigenvalue weighted by Crippen LogP contribution is 2.15. The fourth-order valence-corrected chi connectivity index (χ4v) is 2.11. The fourth-order valence-electron chi connectivity index (χ4n) is 1.49. The maximum absolute atomic E-state index is 11.8. The van der Waals surface area contributed by atoms with Crippen molar-refractivity contribution in [2.24, 2.45) is 0 Å². The lowest BCUT2D eigenvalue weighted by Crippen LogP contribution is -2.09. The molecule has 1 aromatic heterocycles. The monoisotopic (exact) mass is 273 g/mol. The number of hydrogen-bond acceptors (Lipinski definition) is 3. The number of rotatable bonds is 4. The Kier molecular flexibility index (Phi) is 4.10. The molecule has 19 heavy (non-hydrogen) atoms. The Morgan fingerprint density at radius 3 is 2.74 bits per heavy atom. The third kappa shape index (κ3) is 3.79. The van der Waals surface area contributed by atoms with E-state index in [0.717, 1.165) is 6.08 Å². The van der Waals surface area contributed by atoms with Crippen LogP contribution in [0.5, 0.6) is 0 Å². The van der Waals surface area contributed by atoms with Gasteiger partial charge in [-0.15, -0.1) is 11.3 Å². The number of hydrogen-bond donors (Lipinski definition) is 2. The molecule has 5 heteroatoms. The van der Waals surface area contributed by atoms with E-state index >= 15 is 0 Å². The van der Waals surface area contributed by atoms with Gasteiger partial charge in [-0.1, -0.05) is 18.2 Å². The van der Waals surface area contributed by atoms with Crippen molar-refractivity contribution in [1.29, 1.82) is 0 Å². The first-order valence-corrected chi connectivity index (χ1v) is 6.39. The fraction of sp³-hybridized carbons (Fsp3) is 0. The number of benzene rings is 1. The summed E-state index contributed by atoms with van der Waals surface area (Å²) in [4.78, 5) is 22.9.